The molecule has 4 aromatic rings. The van der Waals surface area contributed by atoms with Gasteiger partial charge in [-0.1, -0.05) is 13.8 Å². The van der Waals surface area contributed by atoms with E-state index in [1.807, 2.05) is 25.4 Å². The maximum atomic E-state index is 15.0. The molecular weight excluding hydrogens is 513 g/mol. The second kappa shape index (κ2) is 9.67. The Labute approximate surface area is 231 Å². The van der Waals surface area contributed by atoms with E-state index in [1.54, 1.807) is 11.6 Å². The van der Waals surface area contributed by atoms with E-state index in [4.69, 9.17) is 0 Å². The lowest BCUT2D eigenvalue weighted by Crippen LogP contribution is -2.60. The summed E-state index contributed by atoms with van der Waals surface area (Å²) in [5, 5.41) is 3.75. The topological polar surface area (TPSA) is 79.2 Å². The van der Waals surface area contributed by atoms with Crippen LogP contribution in [0.4, 0.5) is 21.8 Å². The SMILES string of the molecule is Cc1c(-c2nc(Nc3ccc(N4CC5(CCN(C)CC5)C4)cn3)ncc2F)sc2c(C(C)C)cn(C)c(=O)c12. The molecule has 0 radical (unpaired) electrons. The number of hydrogen-bond donors (Lipinski definition) is 1. The minimum absolute atomic E-state index is 0.0875. The molecule has 0 saturated carbocycles. The molecule has 2 aliphatic heterocycles. The van der Waals surface area contributed by atoms with Crippen molar-refractivity contribution < 1.29 is 4.39 Å². The zero-order chi connectivity index (χ0) is 27.5. The molecule has 1 spiro atoms. The first-order valence-corrected chi connectivity index (χ1v) is 14.3. The summed E-state index contributed by atoms with van der Waals surface area (Å²) in [5.74, 6) is 0.546. The zero-order valence-corrected chi connectivity index (χ0v) is 23.9. The van der Waals surface area contributed by atoms with E-state index in [0.717, 1.165) is 34.6 Å². The number of nitrogens with one attached hydrogen (secondary N) is 1. The molecule has 2 fully saturated rings. The summed E-state index contributed by atoms with van der Waals surface area (Å²) in [7, 11) is 3.95. The molecule has 4 aromatic heterocycles. The minimum Gasteiger partial charge on any atom is -0.369 e. The van der Waals surface area contributed by atoms with Crippen LogP contribution in [0.5, 0.6) is 0 Å². The first-order valence-electron chi connectivity index (χ1n) is 13.5. The molecule has 0 atom stereocenters. The monoisotopic (exact) mass is 547 g/mol. The number of likely N-dealkylation sites (tertiary alicyclic amines) is 1. The fraction of sp³-hybridized carbons (Fsp3) is 0.448. The van der Waals surface area contributed by atoms with Crippen LogP contribution in [0.3, 0.4) is 0 Å². The summed E-state index contributed by atoms with van der Waals surface area (Å²) >= 11 is 1.41. The molecule has 10 heteroatoms. The van der Waals surface area contributed by atoms with Gasteiger partial charge in [-0.3, -0.25) is 4.79 Å². The number of rotatable bonds is 5. The Bertz CT molecular complexity index is 1590. The van der Waals surface area contributed by atoms with Crippen molar-refractivity contribution in [3.63, 3.8) is 0 Å². The largest absolute Gasteiger partial charge is 0.369 e. The van der Waals surface area contributed by atoms with E-state index in [0.29, 0.717) is 21.5 Å². The van der Waals surface area contributed by atoms with Crippen LogP contribution in [0.1, 0.15) is 43.7 Å². The van der Waals surface area contributed by atoms with Crippen molar-refractivity contribution in [2.24, 2.45) is 12.5 Å². The molecule has 204 valence electrons. The van der Waals surface area contributed by atoms with E-state index < -0.39 is 5.82 Å². The normalized spacial score (nSPS) is 17.3. The maximum absolute atomic E-state index is 15.0. The number of aryl methyl sites for hydroxylation is 2. The average molecular weight is 548 g/mol. The van der Waals surface area contributed by atoms with Gasteiger partial charge < -0.3 is 19.7 Å². The number of nitrogens with zero attached hydrogens (tertiary/aromatic N) is 6. The highest BCUT2D eigenvalue weighted by atomic mass is 32.1. The third-order valence-electron chi connectivity index (χ3n) is 8.31. The van der Waals surface area contributed by atoms with E-state index >= 15 is 4.39 Å². The first-order chi connectivity index (χ1) is 18.6. The van der Waals surface area contributed by atoms with Crippen molar-refractivity contribution in [3.8, 4) is 10.6 Å². The van der Waals surface area contributed by atoms with Crippen LogP contribution in [-0.2, 0) is 7.05 Å². The fourth-order valence-corrected chi connectivity index (χ4v) is 7.26. The van der Waals surface area contributed by atoms with Crippen LogP contribution in [0.2, 0.25) is 0 Å². The van der Waals surface area contributed by atoms with Crippen molar-refractivity contribution in [3.05, 3.63) is 58.0 Å². The number of piperidine rings is 1. The summed E-state index contributed by atoms with van der Waals surface area (Å²) in [4.78, 5) is 31.7. The Hall–Kier alpha value is -3.37. The number of hydrogen-bond acceptors (Lipinski definition) is 8. The lowest BCUT2D eigenvalue weighted by Gasteiger charge is -2.54. The van der Waals surface area contributed by atoms with Crippen molar-refractivity contribution >= 4 is 38.9 Å². The summed E-state index contributed by atoms with van der Waals surface area (Å²) < 4.78 is 17.5. The van der Waals surface area contributed by atoms with Gasteiger partial charge >= 0.3 is 0 Å². The van der Waals surface area contributed by atoms with Gasteiger partial charge in [-0.15, -0.1) is 11.3 Å². The van der Waals surface area contributed by atoms with Crippen LogP contribution in [0.15, 0.2) is 35.5 Å². The molecule has 1 N–H and O–H groups in total. The highest BCUT2D eigenvalue weighted by Gasteiger charge is 2.44. The first kappa shape index (κ1) is 25.9. The Morgan fingerprint density at radius 1 is 1.10 bits per heavy atom. The van der Waals surface area contributed by atoms with Gasteiger partial charge in [0.15, 0.2) is 5.82 Å². The number of thiophene rings is 1. The summed E-state index contributed by atoms with van der Waals surface area (Å²) in [6.45, 7) is 10.5. The Morgan fingerprint density at radius 2 is 1.85 bits per heavy atom. The van der Waals surface area contributed by atoms with Gasteiger partial charge in [0.1, 0.15) is 11.5 Å². The molecule has 0 aliphatic carbocycles. The number of anilines is 3. The Morgan fingerprint density at radius 3 is 2.51 bits per heavy atom. The van der Waals surface area contributed by atoms with Gasteiger partial charge in [0.2, 0.25) is 5.95 Å². The van der Waals surface area contributed by atoms with Gasteiger partial charge in [-0.05, 0) is 69.1 Å². The standard InChI is InChI=1S/C29H34FN7OS/c1-17(2)20-14-36(5)27(38)23-18(3)25(39-26(20)23)24-21(30)13-32-28(34-24)33-22-7-6-19(12-31-22)37-15-29(16-37)8-10-35(4)11-9-29/h6-7,12-14,17H,8-11,15-16H2,1-5H3,(H,31,32,33,34). The van der Waals surface area contributed by atoms with E-state index in [2.05, 4.69) is 57.0 Å². The average Bonchev–Trinajstić information content (AvgIpc) is 3.24. The zero-order valence-electron chi connectivity index (χ0n) is 23.1. The van der Waals surface area contributed by atoms with E-state index in [1.165, 1.54) is 43.5 Å². The Balaban J connectivity index is 1.24. The minimum atomic E-state index is -0.526. The maximum Gasteiger partial charge on any atom is 0.259 e. The third kappa shape index (κ3) is 4.59. The number of aromatic nitrogens is 4. The van der Waals surface area contributed by atoms with E-state index in [-0.39, 0.29) is 23.1 Å². The quantitative estimate of drug-likeness (QED) is 0.363. The van der Waals surface area contributed by atoms with Crippen LogP contribution in [-0.4, -0.2) is 57.6 Å². The number of pyridine rings is 2. The van der Waals surface area contributed by atoms with E-state index in [9.17, 15) is 4.79 Å². The third-order valence-corrected chi connectivity index (χ3v) is 9.66. The highest BCUT2D eigenvalue weighted by molar-refractivity contribution is 7.22. The molecule has 2 saturated heterocycles. The molecule has 2 aliphatic rings. The van der Waals surface area contributed by atoms with Crippen LogP contribution < -0.4 is 15.8 Å². The van der Waals surface area contributed by atoms with Gasteiger partial charge in [-0.2, -0.15) is 0 Å². The lowest BCUT2D eigenvalue weighted by molar-refractivity contribution is 0.0906. The summed E-state index contributed by atoms with van der Waals surface area (Å²) in [5.41, 5.74) is 3.45. The molecule has 39 heavy (non-hydrogen) atoms. The molecule has 8 nitrogen and oxygen atoms in total. The number of fused-ring (bicyclic) bond motifs is 1. The highest BCUT2D eigenvalue weighted by Crippen LogP contribution is 2.43. The molecule has 0 aromatic carbocycles. The molecule has 0 unspecified atom stereocenters. The van der Waals surface area contributed by atoms with Crippen LogP contribution >= 0.6 is 11.3 Å². The predicted octanol–water partition coefficient (Wildman–Crippen LogP) is 5.30. The summed E-state index contributed by atoms with van der Waals surface area (Å²) in [6.07, 6.45) is 7.43. The molecule has 0 amide bonds. The Kier molecular flexibility index (Phi) is 6.42. The molecule has 6 heterocycles. The van der Waals surface area contributed by atoms with Crippen molar-refractivity contribution in [2.45, 2.75) is 39.5 Å². The van der Waals surface area contributed by atoms with Gasteiger partial charge in [-0.25, -0.2) is 19.3 Å². The van der Waals surface area contributed by atoms with Crippen LogP contribution in [0, 0.1) is 18.2 Å². The fourth-order valence-electron chi connectivity index (χ4n) is 5.82. The number of halogens is 1. The van der Waals surface area contributed by atoms with Crippen molar-refractivity contribution in [1.82, 2.24) is 24.4 Å². The molecule has 6 rings (SSSR count). The summed E-state index contributed by atoms with van der Waals surface area (Å²) in [6, 6.07) is 3.96. The molecule has 0 bridgehead atoms. The predicted molar refractivity (Wildman–Crippen MR) is 156 cm³/mol. The second-order valence-electron chi connectivity index (χ2n) is 11.5. The molecular formula is C29H34FN7OS. The van der Waals surface area contributed by atoms with Crippen LogP contribution in [0.25, 0.3) is 20.7 Å². The smallest absolute Gasteiger partial charge is 0.259 e. The van der Waals surface area contributed by atoms with Crippen molar-refractivity contribution in [2.75, 3.05) is 43.4 Å². The van der Waals surface area contributed by atoms with Gasteiger partial charge in [0.25, 0.3) is 5.56 Å². The van der Waals surface area contributed by atoms with Gasteiger partial charge in [0.05, 0.1) is 28.3 Å². The van der Waals surface area contributed by atoms with Crippen molar-refractivity contribution in [1.29, 1.82) is 0 Å². The lowest BCUT2D eigenvalue weighted by atomic mass is 9.72. The second-order valence-corrected chi connectivity index (χ2v) is 12.5. The van der Waals surface area contributed by atoms with Gasteiger partial charge in [0, 0.05) is 36.4 Å².